The molecule has 0 bridgehead atoms. The Balaban J connectivity index is 2.35. The minimum atomic E-state index is -4.38. The molecule has 27 heavy (non-hydrogen) atoms. The Hall–Kier alpha value is -1.44. The first-order chi connectivity index (χ1) is 12.3. The fourth-order valence-electron chi connectivity index (χ4n) is 2.46. The summed E-state index contributed by atoms with van der Waals surface area (Å²) >= 11 is 6.35. The Morgan fingerprint density at radius 3 is 2.37 bits per heavy atom. The largest absolute Gasteiger partial charge is 0.459 e. The maximum Gasteiger partial charge on any atom is 0.416 e. The van der Waals surface area contributed by atoms with Gasteiger partial charge in [-0.1, -0.05) is 17.7 Å². The van der Waals surface area contributed by atoms with Crippen molar-refractivity contribution in [2.75, 3.05) is 6.54 Å². The van der Waals surface area contributed by atoms with Gasteiger partial charge in [-0.05, 0) is 67.2 Å². The summed E-state index contributed by atoms with van der Waals surface area (Å²) in [6.45, 7) is 8.98. The number of thiol groups is 1. The van der Waals surface area contributed by atoms with E-state index in [4.69, 9.17) is 22.1 Å². The molecule has 1 aliphatic rings. The smallest absolute Gasteiger partial charge is 0.416 e. The molecule has 3 nitrogen and oxygen atoms in total. The molecule has 0 fully saturated rings. The lowest BCUT2D eigenvalue weighted by Crippen LogP contribution is -2.44. The highest BCUT2D eigenvalue weighted by molar-refractivity contribution is 8.22. The molecule has 1 heterocycles. The van der Waals surface area contributed by atoms with Crippen LogP contribution in [0.25, 0.3) is 0 Å². The highest BCUT2D eigenvalue weighted by atomic mass is 35.5. The molecule has 2 N–H and O–H groups in total. The molecule has 1 radical (unpaired) electrons. The predicted octanol–water partition coefficient (Wildman–Crippen LogP) is 5.05. The average molecular weight is 421 g/mol. The van der Waals surface area contributed by atoms with E-state index in [0.717, 1.165) is 6.08 Å². The minimum absolute atomic E-state index is 0.131. The van der Waals surface area contributed by atoms with Crippen LogP contribution < -0.4 is 5.73 Å². The maximum atomic E-state index is 12.8. The number of halogens is 4. The lowest BCUT2D eigenvalue weighted by atomic mass is 9.82. The monoisotopic (exact) mass is 420 g/mol. The van der Waals surface area contributed by atoms with Crippen molar-refractivity contribution in [3.05, 3.63) is 58.2 Å². The Labute approximate surface area is 164 Å². The number of ether oxygens (including phenoxy) is 1. The number of esters is 1. The quantitative estimate of drug-likeness (QED) is 0.529. The molecular formula is C19H22ClF3NO2S. The van der Waals surface area contributed by atoms with Gasteiger partial charge in [0.1, 0.15) is 11.0 Å². The second-order valence-corrected chi connectivity index (χ2v) is 9.55. The Morgan fingerprint density at radius 1 is 1.30 bits per heavy atom. The van der Waals surface area contributed by atoms with Gasteiger partial charge in [-0.3, -0.25) is 4.79 Å². The zero-order valence-corrected chi connectivity index (χ0v) is 16.9. The zero-order valence-electron chi connectivity index (χ0n) is 15.2. The summed E-state index contributed by atoms with van der Waals surface area (Å²) in [5.74, 6) is -0.613. The number of allylic oxidation sites excluding steroid dienone is 2. The molecule has 149 valence electrons. The van der Waals surface area contributed by atoms with Crippen LogP contribution in [-0.2, 0) is 14.9 Å². The van der Waals surface area contributed by atoms with Gasteiger partial charge in [0.15, 0.2) is 0 Å². The van der Waals surface area contributed by atoms with Crippen molar-refractivity contribution in [3.8, 4) is 0 Å². The van der Waals surface area contributed by atoms with Gasteiger partial charge in [0.2, 0.25) is 0 Å². The Morgan fingerprint density at radius 2 is 1.93 bits per heavy atom. The third kappa shape index (κ3) is 4.89. The number of hydrogen-bond donors (Lipinski definition) is 2. The molecule has 0 saturated carbocycles. The summed E-state index contributed by atoms with van der Waals surface area (Å²) in [6.07, 6.45) is -3.31. The van der Waals surface area contributed by atoms with E-state index in [1.54, 1.807) is 39.0 Å². The van der Waals surface area contributed by atoms with E-state index in [9.17, 15) is 18.0 Å². The van der Waals surface area contributed by atoms with Crippen molar-refractivity contribution < 1.29 is 22.7 Å². The first-order valence-corrected chi connectivity index (χ1v) is 9.98. The fraction of sp³-hybridized carbons (Fsp3) is 0.368. The zero-order chi connectivity index (χ0) is 20.6. The normalized spacial score (nSPS) is 20.9. The standard InChI is InChI=1S/C19H22ClF3NO2S/c1-17(2,3)26-16(25)18(4,11-24)14-6-5-13(9-15(14)20)27-8-7-12(10-27)19(21,22)23/h5-10,27H,4,11,24H2,1-3H3. The molecule has 2 atom stereocenters. The topological polar surface area (TPSA) is 52.3 Å². The van der Waals surface area contributed by atoms with Crippen LogP contribution in [0.1, 0.15) is 26.3 Å². The predicted molar refractivity (Wildman–Crippen MR) is 104 cm³/mol. The van der Waals surface area contributed by atoms with Crippen LogP contribution >= 0.6 is 22.5 Å². The van der Waals surface area contributed by atoms with Crippen LogP contribution in [0.15, 0.2) is 45.6 Å². The summed E-state index contributed by atoms with van der Waals surface area (Å²) in [5, 5.41) is 2.91. The molecule has 0 aromatic heterocycles. The molecule has 0 amide bonds. The average Bonchev–Trinajstić information content (AvgIpc) is 3.02. The SMILES string of the molecule is [CH2]C(CN)(C(=O)OC(C)(C)C)c1ccc([SH]2C=CC(C(F)(F)F)=C2)cc1Cl. The molecular weight excluding hydrogens is 399 g/mol. The van der Waals surface area contributed by atoms with Crippen LogP contribution in [-0.4, -0.2) is 24.3 Å². The van der Waals surface area contributed by atoms with Gasteiger partial charge in [0, 0.05) is 11.6 Å². The number of benzene rings is 1. The van der Waals surface area contributed by atoms with Crippen LogP contribution in [0.3, 0.4) is 0 Å². The van der Waals surface area contributed by atoms with Gasteiger partial charge in [-0.25, -0.2) is 0 Å². The summed E-state index contributed by atoms with van der Waals surface area (Å²) in [7, 11) is -1.26. The van der Waals surface area contributed by atoms with Crippen LogP contribution in [0.5, 0.6) is 0 Å². The second kappa shape index (κ2) is 7.53. The van der Waals surface area contributed by atoms with Gasteiger partial charge in [-0.15, -0.1) is 0 Å². The van der Waals surface area contributed by atoms with Gasteiger partial charge in [0.05, 0.1) is 5.57 Å². The number of carbonyl (C=O) groups is 1. The van der Waals surface area contributed by atoms with E-state index in [1.807, 2.05) is 0 Å². The first-order valence-electron chi connectivity index (χ1n) is 8.12. The highest BCUT2D eigenvalue weighted by Gasteiger charge is 2.40. The molecule has 0 spiro atoms. The van der Waals surface area contributed by atoms with Crippen LogP contribution in [0.4, 0.5) is 13.2 Å². The second-order valence-electron chi connectivity index (χ2n) is 7.26. The molecule has 1 aromatic rings. The van der Waals surface area contributed by atoms with Gasteiger partial charge in [-0.2, -0.15) is 24.1 Å². The van der Waals surface area contributed by atoms with E-state index in [1.165, 1.54) is 10.8 Å². The number of rotatable bonds is 4. The number of carbonyl (C=O) groups excluding carboxylic acids is 1. The van der Waals surface area contributed by atoms with Crippen molar-refractivity contribution in [2.45, 2.75) is 42.9 Å². The van der Waals surface area contributed by atoms with E-state index in [2.05, 4.69) is 6.92 Å². The van der Waals surface area contributed by atoms with E-state index in [-0.39, 0.29) is 11.6 Å². The Kier molecular flexibility index (Phi) is 6.09. The van der Waals surface area contributed by atoms with E-state index in [0.29, 0.717) is 10.5 Å². The van der Waals surface area contributed by atoms with Crippen molar-refractivity contribution in [3.63, 3.8) is 0 Å². The molecule has 0 saturated heterocycles. The van der Waals surface area contributed by atoms with Gasteiger partial charge < -0.3 is 10.5 Å². The summed E-state index contributed by atoms with van der Waals surface area (Å²) in [6, 6.07) is 4.78. The molecule has 2 rings (SSSR count). The van der Waals surface area contributed by atoms with Crippen molar-refractivity contribution in [1.29, 1.82) is 0 Å². The first kappa shape index (κ1) is 21.9. The third-order valence-electron chi connectivity index (χ3n) is 3.92. The van der Waals surface area contributed by atoms with E-state index >= 15 is 0 Å². The number of nitrogens with two attached hydrogens (primary N) is 1. The maximum absolute atomic E-state index is 12.8. The number of hydrogen-bond acceptors (Lipinski definition) is 3. The number of alkyl halides is 3. The van der Waals surface area contributed by atoms with Gasteiger partial charge in [0.25, 0.3) is 0 Å². The molecule has 0 aliphatic carbocycles. The molecule has 1 aromatic carbocycles. The molecule has 8 heteroatoms. The summed E-state index contributed by atoms with van der Waals surface area (Å²) < 4.78 is 43.8. The van der Waals surface area contributed by atoms with Crippen LogP contribution in [0, 0.1) is 6.92 Å². The lowest BCUT2D eigenvalue weighted by Gasteiger charge is -2.31. The Bertz CT molecular complexity index is 799. The molecule has 2 unspecified atom stereocenters. The minimum Gasteiger partial charge on any atom is -0.459 e. The lowest BCUT2D eigenvalue weighted by molar-refractivity contribution is -0.160. The summed E-state index contributed by atoms with van der Waals surface area (Å²) in [5.41, 5.74) is 3.37. The van der Waals surface area contributed by atoms with Crippen LogP contribution in [0.2, 0.25) is 5.02 Å². The van der Waals surface area contributed by atoms with Crippen molar-refractivity contribution in [2.24, 2.45) is 5.73 Å². The molecule has 1 aliphatic heterocycles. The van der Waals surface area contributed by atoms with Gasteiger partial charge >= 0.3 is 12.1 Å². The summed E-state index contributed by atoms with van der Waals surface area (Å²) in [4.78, 5) is 13.2. The van der Waals surface area contributed by atoms with Crippen molar-refractivity contribution >= 4 is 28.5 Å². The van der Waals surface area contributed by atoms with E-state index < -0.39 is 39.6 Å². The fourth-order valence-corrected chi connectivity index (χ4v) is 4.68. The van der Waals surface area contributed by atoms with Crippen molar-refractivity contribution in [1.82, 2.24) is 0 Å². The third-order valence-corrected chi connectivity index (χ3v) is 6.14. The highest BCUT2D eigenvalue weighted by Crippen LogP contribution is 2.49.